The minimum atomic E-state index is -3.18. The Hall–Kier alpha value is -1.67. The number of hydrogen-bond acceptors (Lipinski definition) is 5. The first kappa shape index (κ1) is 16.4. The molecule has 0 fully saturated rings. The van der Waals surface area contributed by atoms with Crippen LogP contribution in [0, 0.1) is 0 Å². The number of sulfonamides is 1. The summed E-state index contributed by atoms with van der Waals surface area (Å²) in [7, 11) is -3.18. The molecular weight excluding hydrogens is 280 g/mol. The van der Waals surface area contributed by atoms with Gasteiger partial charge in [-0.05, 0) is 18.6 Å². The first-order valence-electron chi connectivity index (χ1n) is 6.29. The molecule has 0 atom stereocenters. The quantitative estimate of drug-likeness (QED) is 0.693. The SMILES string of the molecule is CCN(CCCNC(=O)c1ccc(N)cn1)S(C)(=O)=O. The predicted octanol–water partition coefficient (Wildman–Crippen LogP) is 0.0652. The lowest BCUT2D eigenvalue weighted by Crippen LogP contribution is -2.33. The molecule has 0 aliphatic heterocycles. The molecule has 0 aliphatic carbocycles. The zero-order valence-electron chi connectivity index (χ0n) is 11.7. The van der Waals surface area contributed by atoms with Crippen molar-refractivity contribution in [3.63, 3.8) is 0 Å². The number of pyridine rings is 1. The third-order valence-corrected chi connectivity index (χ3v) is 4.09. The van der Waals surface area contributed by atoms with Gasteiger partial charge in [0.05, 0.1) is 18.1 Å². The zero-order chi connectivity index (χ0) is 15.2. The lowest BCUT2D eigenvalue weighted by atomic mass is 10.3. The van der Waals surface area contributed by atoms with Gasteiger partial charge in [0, 0.05) is 19.6 Å². The van der Waals surface area contributed by atoms with Crippen LogP contribution in [-0.4, -0.2) is 49.5 Å². The van der Waals surface area contributed by atoms with E-state index in [4.69, 9.17) is 5.73 Å². The number of nitrogens with two attached hydrogens (primary N) is 1. The lowest BCUT2D eigenvalue weighted by molar-refractivity contribution is 0.0948. The molecular formula is C12H20N4O3S. The number of rotatable bonds is 7. The minimum Gasteiger partial charge on any atom is -0.397 e. The minimum absolute atomic E-state index is 0.287. The molecule has 8 heteroatoms. The van der Waals surface area contributed by atoms with E-state index in [0.29, 0.717) is 31.7 Å². The number of nitrogens with one attached hydrogen (secondary N) is 1. The van der Waals surface area contributed by atoms with Crippen molar-refractivity contribution in [3.05, 3.63) is 24.0 Å². The molecule has 1 aromatic heterocycles. The number of hydrogen-bond donors (Lipinski definition) is 2. The van der Waals surface area contributed by atoms with E-state index in [-0.39, 0.29) is 11.6 Å². The highest BCUT2D eigenvalue weighted by Crippen LogP contribution is 2.01. The number of nitrogens with zero attached hydrogens (tertiary/aromatic N) is 2. The first-order valence-corrected chi connectivity index (χ1v) is 8.14. The maximum atomic E-state index is 11.7. The third-order valence-electron chi connectivity index (χ3n) is 2.71. The second-order valence-electron chi connectivity index (χ2n) is 4.34. The fourth-order valence-corrected chi connectivity index (χ4v) is 2.58. The zero-order valence-corrected chi connectivity index (χ0v) is 12.5. The molecule has 1 heterocycles. The van der Waals surface area contributed by atoms with Crippen molar-refractivity contribution in [2.75, 3.05) is 31.6 Å². The molecule has 20 heavy (non-hydrogen) atoms. The molecule has 1 rings (SSSR count). The molecule has 0 unspecified atom stereocenters. The molecule has 7 nitrogen and oxygen atoms in total. The van der Waals surface area contributed by atoms with Gasteiger partial charge in [-0.25, -0.2) is 17.7 Å². The highest BCUT2D eigenvalue weighted by atomic mass is 32.2. The second kappa shape index (κ2) is 7.20. The summed E-state index contributed by atoms with van der Waals surface area (Å²) in [5.74, 6) is -0.299. The van der Waals surface area contributed by atoms with Crippen LogP contribution in [0.4, 0.5) is 5.69 Å². The van der Waals surface area contributed by atoms with Gasteiger partial charge in [0.1, 0.15) is 5.69 Å². The van der Waals surface area contributed by atoms with Crippen molar-refractivity contribution in [3.8, 4) is 0 Å². The Morgan fingerprint density at radius 1 is 1.45 bits per heavy atom. The topological polar surface area (TPSA) is 105 Å². The second-order valence-corrected chi connectivity index (χ2v) is 6.32. The van der Waals surface area contributed by atoms with Crippen LogP contribution in [-0.2, 0) is 10.0 Å². The third kappa shape index (κ3) is 5.14. The van der Waals surface area contributed by atoms with E-state index < -0.39 is 10.0 Å². The highest BCUT2D eigenvalue weighted by molar-refractivity contribution is 7.88. The van der Waals surface area contributed by atoms with Crippen molar-refractivity contribution >= 4 is 21.6 Å². The Bertz CT molecular complexity index is 542. The van der Waals surface area contributed by atoms with Gasteiger partial charge in [-0.15, -0.1) is 0 Å². The van der Waals surface area contributed by atoms with E-state index in [0.717, 1.165) is 0 Å². The van der Waals surface area contributed by atoms with Gasteiger partial charge in [-0.2, -0.15) is 0 Å². The van der Waals surface area contributed by atoms with Gasteiger partial charge in [0.25, 0.3) is 5.91 Å². The van der Waals surface area contributed by atoms with Crippen LogP contribution in [0.3, 0.4) is 0 Å². The molecule has 0 bridgehead atoms. The van der Waals surface area contributed by atoms with E-state index in [2.05, 4.69) is 10.3 Å². The van der Waals surface area contributed by atoms with Crippen molar-refractivity contribution in [2.45, 2.75) is 13.3 Å². The summed E-state index contributed by atoms with van der Waals surface area (Å²) in [5.41, 5.74) is 6.26. The molecule has 0 spiro atoms. The van der Waals surface area contributed by atoms with Crippen LogP contribution in [0.15, 0.2) is 18.3 Å². The van der Waals surface area contributed by atoms with Crippen LogP contribution in [0.1, 0.15) is 23.8 Å². The first-order chi connectivity index (χ1) is 9.34. The summed E-state index contributed by atoms with van der Waals surface area (Å²) >= 11 is 0. The predicted molar refractivity (Wildman–Crippen MR) is 77.7 cm³/mol. The summed E-state index contributed by atoms with van der Waals surface area (Å²) < 4.78 is 24.1. The van der Waals surface area contributed by atoms with E-state index in [1.165, 1.54) is 16.8 Å². The number of nitrogen functional groups attached to an aromatic ring is 1. The summed E-state index contributed by atoms with van der Waals surface area (Å²) in [4.78, 5) is 15.6. The molecule has 0 radical (unpaired) electrons. The van der Waals surface area contributed by atoms with Crippen LogP contribution in [0.2, 0.25) is 0 Å². The molecule has 3 N–H and O–H groups in total. The van der Waals surface area contributed by atoms with Gasteiger partial charge in [-0.1, -0.05) is 6.92 Å². The molecule has 1 amide bonds. The Morgan fingerprint density at radius 3 is 2.65 bits per heavy atom. The normalized spacial score (nSPS) is 11.6. The Labute approximate surface area is 119 Å². The summed E-state index contributed by atoms with van der Waals surface area (Å²) in [6.07, 6.45) is 3.13. The van der Waals surface area contributed by atoms with E-state index in [9.17, 15) is 13.2 Å². The smallest absolute Gasteiger partial charge is 0.269 e. The number of carbonyl (C=O) groups excluding carboxylic acids is 1. The number of aromatic nitrogens is 1. The van der Waals surface area contributed by atoms with Gasteiger partial charge >= 0.3 is 0 Å². The summed E-state index contributed by atoms with van der Waals surface area (Å²) in [6, 6.07) is 3.14. The maximum Gasteiger partial charge on any atom is 0.269 e. The van der Waals surface area contributed by atoms with Gasteiger partial charge < -0.3 is 11.1 Å². The number of anilines is 1. The standard InChI is InChI=1S/C12H20N4O3S/c1-3-16(20(2,18)19)8-4-7-14-12(17)11-6-5-10(13)9-15-11/h5-6,9H,3-4,7-8,13H2,1-2H3,(H,14,17). The lowest BCUT2D eigenvalue weighted by Gasteiger charge is -2.17. The summed E-state index contributed by atoms with van der Waals surface area (Å²) in [5, 5.41) is 2.69. The largest absolute Gasteiger partial charge is 0.397 e. The van der Waals surface area contributed by atoms with Crippen LogP contribution < -0.4 is 11.1 Å². The molecule has 0 saturated carbocycles. The van der Waals surface area contributed by atoms with Crippen molar-refractivity contribution in [1.82, 2.24) is 14.6 Å². The van der Waals surface area contributed by atoms with Gasteiger partial charge in [0.2, 0.25) is 10.0 Å². The number of carbonyl (C=O) groups is 1. The number of amides is 1. The van der Waals surface area contributed by atoms with E-state index >= 15 is 0 Å². The molecule has 1 aromatic rings. The average Bonchev–Trinajstić information content (AvgIpc) is 2.37. The van der Waals surface area contributed by atoms with Crippen molar-refractivity contribution in [1.29, 1.82) is 0 Å². The van der Waals surface area contributed by atoms with Crippen molar-refractivity contribution < 1.29 is 13.2 Å². The van der Waals surface area contributed by atoms with Gasteiger partial charge in [0.15, 0.2) is 0 Å². The van der Waals surface area contributed by atoms with Gasteiger partial charge in [-0.3, -0.25) is 4.79 Å². The summed E-state index contributed by atoms with van der Waals surface area (Å²) in [6.45, 7) is 2.96. The average molecular weight is 300 g/mol. The fourth-order valence-electron chi connectivity index (χ4n) is 1.65. The Morgan fingerprint density at radius 2 is 2.15 bits per heavy atom. The Balaban J connectivity index is 2.37. The Kier molecular flexibility index (Phi) is 5.90. The van der Waals surface area contributed by atoms with Crippen LogP contribution >= 0.6 is 0 Å². The van der Waals surface area contributed by atoms with E-state index in [1.807, 2.05) is 0 Å². The van der Waals surface area contributed by atoms with E-state index in [1.54, 1.807) is 19.1 Å². The van der Waals surface area contributed by atoms with Crippen LogP contribution in [0.25, 0.3) is 0 Å². The van der Waals surface area contributed by atoms with Crippen LogP contribution in [0.5, 0.6) is 0 Å². The molecule has 0 aromatic carbocycles. The monoisotopic (exact) mass is 300 g/mol. The molecule has 0 aliphatic rings. The highest BCUT2D eigenvalue weighted by Gasteiger charge is 2.13. The fraction of sp³-hybridized carbons (Fsp3) is 0.500. The van der Waals surface area contributed by atoms with Crippen molar-refractivity contribution in [2.24, 2.45) is 0 Å². The molecule has 0 saturated heterocycles. The maximum absolute atomic E-state index is 11.7. The molecule has 112 valence electrons.